The van der Waals surface area contributed by atoms with E-state index in [0.29, 0.717) is 11.6 Å². The van der Waals surface area contributed by atoms with Crippen molar-refractivity contribution in [2.24, 2.45) is 0 Å². The van der Waals surface area contributed by atoms with Gasteiger partial charge in [-0.15, -0.1) is 0 Å². The molecule has 0 spiro atoms. The van der Waals surface area contributed by atoms with Crippen LogP contribution >= 0.6 is 11.6 Å². The molecular weight excluding hydrogens is 446 g/mol. The van der Waals surface area contributed by atoms with Crippen molar-refractivity contribution in [1.29, 1.82) is 0 Å². The number of aliphatic carboxylic acids is 1. The first-order chi connectivity index (χ1) is 16.0. The first kappa shape index (κ1) is 22.8. The first-order valence-corrected chi connectivity index (χ1v) is 10.8. The number of benzene rings is 2. The number of nitrogens with zero attached hydrogens (tertiary/aromatic N) is 2. The summed E-state index contributed by atoms with van der Waals surface area (Å²) in [6.07, 6.45) is 0.148. The van der Waals surface area contributed by atoms with Crippen molar-refractivity contribution in [2.45, 2.75) is 24.5 Å². The van der Waals surface area contributed by atoms with Crippen LogP contribution < -0.4 is 19.5 Å². The molecule has 0 fully saturated rings. The van der Waals surface area contributed by atoms with Gasteiger partial charge in [-0.25, -0.2) is 4.79 Å². The Bertz CT molecular complexity index is 1120. The highest BCUT2D eigenvalue weighted by molar-refractivity contribution is 6.30. The average molecular weight is 470 g/mol. The average Bonchev–Trinajstić information content (AvgIpc) is 3.02. The fraction of sp³-hybridized carbons (Fsp3) is 0.292. The second kappa shape index (κ2) is 9.64. The number of hydrogen-bond acceptors (Lipinski definition) is 7. The van der Waals surface area contributed by atoms with E-state index >= 15 is 0 Å². The van der Waals surface area contributed by atoms with Crippen molar-refractivity contribution in [3.05, 3.63) is 76.3 Å². The Balaban J connectivity index is 1.94. The zero-order chi connectivity index (χ0) is 23.4. The van der Waals surface area contributed by atoms with Crippen LogP contribution in [-0.4, -0.2) is 47.9 Å². The van der Waals surface area contributed by atoms with E-state index in [4.69, 9.17) is 25.8 Å². The zero-order valence-electron chi connectivity index (χ0n) is 18.2. The van der Waals surface area contributed by atoms with E-state index in [1.54, 1.807) is 6.07 Å². The Morgan fingerprint density at radius 1 is 1.09 bits per heavy atom. The maximum atomic E-state index is 12.8. The molecule has 0 saturated heterocycles. The second-order valence-electron chi connectivity index (χ2n) is 7.58. The number of carboxylic acid groups (broad SMARTS) is 1. The summed E-state index contributed by atoms with van der Waals surface area (Å²) >= 11 is 6.39. The summed E-state index contributed by atoms with van der Waals surface area (Å²) in [7, 11) is 2.88. The molecule has 0 radical (unpaired) electrons. The number of carbonyl (C=O) groups is 1. The summed E-state index contributed by atoms with van der Waals surface area (Å²) in [5, 5.41) is 14.4. The lowest BCUT2D eigenvalue weighted by Crippen LogP contribution is -2.58. The van der Waals surface area contributed by atoms with Gasteiger partial charge in [0.25, 0.3) is 0 Å². The lowest BCUT2D eigenvalue weighted by Gasteiger charge is -2.40. The zero-order valence-corrected chi connectivity index (χ0v) is 19.0. The fourth-order valence-electron chi connectivity index (χ4n) is 4.21. The molecule has 2 N–H and O–H groups in total. The standard InChI is InChI=1S/C24H24ClN3O5/c1-31-19-14-20(32-2)28-23(27-19)33-21(22(29)30)24(16-8-4-3-5-9-16)18-13-17(25)11-10-15(18)7-6-12-26-24/h3-5,8-11,13-14,21,26H,6-7,12H2,1-2H3,(H,29,30)/t21-,24+/m1/s1. The molecule has 0 aliphatic carbocycles. The van der Waals surface area contributed by atoms with Gasteiger partial charge in [0.05, 0.1) is 20.3 Å². The fourth-order valence-corrected chi connectivity index (χ4v) is 4.38. The van der Waals surface area contributed by atoms with E-state index in [2.05, 4.69) is 15.3 Å². The predicted octanol–water partition coefficient (Wildman–Crippen LogP) is 3.46. The first-order valence-electron chi connectivity index (χ1n) is 10.4. The number of aromatic nitrogens is 2. The third-order valence-electron chi connectivity index (χ3n) is 5.67. The van der Waals surface area contributed by atoms with Crippen LogP contribution in [0.25, 0.3) is 0 Å². The summed E-state index contributed by atoms with van der Waals surface area (Å²) < 4.78 is 16.4. The number of nitrogens with one attached hydrogen (secondary N) is 1. The molecule has 0 unspecified atom stereocenters. The van der Waals surface area contributed by atoms with Crippen molar-refractivity contribution < 1.29 is 24.1 Å². The molecule has 0 bridgehead atoms. The van der Waals surface area contributed by atoms with Gasteiger partial charge < -0.3 is 24.6 Å². The minimum absolute atomic E-state index is 0.177. The summed E-state index contributed by atoms with van der Waals surface area (Å²) in [5.74, 6) is -0.816. The smallest absolute Gasteiger partial charge is 0.347 e. The number of rotatable bonds is 7. The number of carboxylic acids is 1. The van der Waals surface area contributed by atoms with Gasteiger partial charge in [0, 0.05) is 5.02 Å². The molecular formula is C24H24ClN3O5. The number of aryl methyl sites for hydroxylation is 1. The van der Waals surface area contributed by atoms with Gasteiger partial charge in [-0.05, 0) is 48.2 Å². The SMILES string of the molecule is COc1cc(OC)nc(O[C@H](C(=O)O)[C@@]2(c3ccccc3)NCCCc3ccc(Cl)cc32)n1. The minimum Gasteiger partial charge on any atom is -0.481 e. The lowest BCUT2D eigenvalue weighted by atomic mass is 9.76. The topological polar surface area (TPSA) is 103 Å². The van der Waals surface area contributed by atoms with Crippen LogP contribution in [0, 0.1) is 0 Å². The van der Waals surface area contributed by atoms with E-state index in [1.807, 2.05) is 42.5 Å². The van der Waals surface area contributed by atoms with Crippen LogP contribution in [0.15, 0.2) is 54.6 Å². The van der Waals surface area contributed by atoms with E-state index < -0.39 is 17.6 Å². The van der Waals surface area contributed by atoms with Crippen LogP contribution in [-0.2, 0) is 16.8 Å². The van der Waals surface area contributed by atoms with E-state index in [0.717, 1.165) is 29.5 Å². The van der Waals surface area contributed by atoms with Crippen molar-refractivity contribution in [2.75, 3.05) is 20.8 Å². The van der Waals surface area contributed by atoms with Crippen LogP contribution in [0.2, 0.25) is 5.02 Å². The predicted molar refractivity (Wildman–Crippen MR) is 122 cm³/mol. The number of fused-ring (bicyclic) bond motifs is 1. The normalized spacial score (nSPS) is 18.5. The molecule has 1 aromatic heterocycles. The quantitative estimate of drug-likeness (QED) is 0.542. The minimum atomic E-state index is -1.44. The van der Waals surface area contributed by atoms with E-state index in [1.165, 1.54) is 20.3 Å². The molecule has 2 aromatic carbocycles. The second-order valence-corrected chi connectivity index (χ2v) is 8.01. The Hall–Kier alpha value is -3.36. The van der Waals surface area contributed by atoms with Gasteiger partial charge in [0.2, 0.25) is 17.9 Å². The Kier molecular flexibility index (Phi) is 6.67. The molecule has 0 amide bonds. The van der Waals surface area contributed by atoms with Gasteiger partial charge in [0.1, 0.15) is 5.54 Å². The Morgan fingerprint density at radius 3 is 2.42 bits per heavy atom. The largest absolute Gasteiger partial charge is 0.481 e. The summed E-state index contributed by atoms with van der Waals surface area (Å²) in [5.41, 5.74) is 1.19. The maximum absolute atomic E-state index is 12.8. The number of methoxy groups -OCH3 is 2. The molecule has 3 aromatic rings. The Labute approximate surface area is 196 Å². The maximum Gasteiger partial charge on any atom is 0.347 e. The molecule has 9 heteroatoms. The van der Waals surface area contributed by atoms with Crippen LogP contribution in [0.1, 0.15) is 23.1 Å². The third-order valence-corrected chi connectivity index (χ3v) is 5.91. The van der Waals surface area contributed by atoms with Crippen molar-refractivity contribution in [1.82, 2.24) is 15.3 Å². The molecule has 1 aliphatic rings. The van der Waals surface area contributed by atoms with Gasteiger partial charge in [-0.2, -0.15) is 9.97 Å². The van der Waals surface area contributed by atoms with Crippen molar-refractivity contribution >= 4 is 17.6 Å². The molecule has 0 saturated carbocycles. The molecule has 33 heavy (non-hydrogen) atoms. The highest BCUT2D eigenvalue weighted by Crippen LogP contribution is 2.40. The van der Waals surface area contributed by atoms with Crippen molar-refractivity contribution in [3.8, 4) is 17.8 Å². The third kappa shape index (κ3) is 4.44. The highest BCUT2D eigenvalue weighted by atomic mass is 35.5. The van der Waals surface area contributed by atoms with Gasteiger partial charge in [-0.1, -0.05) is 48.0 Å². The summed E-state index contributed by atoms with van der Waals surface area (Å²) in [6.45, 7) is 0.566. The molecule has 2 atom stereocenters. The molecule has 4 rings (SSSR count). The number of hydrogen-bond donors (Lipinski definition) is 2. The van der Waals surface area contributed by atoms with Crippen LogP contribution in [0.5, 0.6) is 17.8 Å². The lowest BCUT2D eigenvalue weighted by molar-refractivity contribution is -0.149. The molecule has 172 valence electrons. The van der Waals surface area contributed by atoms with Crippen LogP contribution in [0.3, 0.4) is 0 Å². The van der Waals surface area contributed by atoms with Crippen LogP contribution in [0.4, 0.5) is 0 Å². The molecule has 1 aliphatic heterocycles. The Morgan fingerprint density at radius 2 is 1.79 bits per heavy atom. The van der Waals surface area contributed by atoms with Gasteiger partial charge in [0.15, 0.2) is 0 Å². The number of halogens is 1. The highest BCUT2D eigenvalue weighted by Gasteiger charge is 2.50. The van der Waals surface area contributed by atoms with E-state index in [9.17, 15) is 9.90 Å². The monoisotopic (exact) mass is 469 g/mol. The van der Waals surface area contributed by atoms with Gasteiger partial charge >= 0.3 is 12.0 Å². The van der Waals surface area contributed by atoms with Crippen molar-refractivity contribution in [3.63, 3.8) is 0 Å². The summed E-state index contributed by atoms with van der Waals surface area (Å²) in [4.78, 5) is 21.2. The molecule has 8 nitrogen and oxygen atoms in total. The molecule has 2 heterocycles. The van der Waals surface area contributed by atoms with Gasteiger partial charge in [-0.3, -0.25) is 0 Å². The van der Waals surface area contributed by atoms with E-state index in [-0.39, 0.29) is 17.8 Å². The number of ether oxygens (including phenoxy) is 3. The summed E-state index contributed by atoms with van der Waals surface area (Å²) in [6, 6.07) is 16.2.